The molecule has 1 N–H and O–H groups in total. The number of aliphatic hydroxyl groups excluding tert-OH is 1. The summed E-state index contributed by atoms with van der Waals surface area (Å²) in [6.07, 6.45) is 4.69. The minimum absolute atomic E-state index is 0.00991. The second kappa shape index (κ2) is 10.3. The van der Waals surface area contributed by atoms with Gasteiger partial charge < -0.3 is 19.5 Å². The molecule has 1 aliphatic carbocycles. The van der Waals surface area contributed by atoms with Crippen molar-refractivity contribution in [2.45, 2.75) is 65.0 Å². The van der Waals surface area contributed by atoms with Crippen molar-refractivity contribution in [3.63, 3.8) is 0 Å². The van der Waals surface area contributed by atoms with Gasteiger partial charge in [-0.15, -0.1) is 0 Å². The van der Waals surface area contributed by atoms with Crippen LogP contribution in [0.4, 0.5) is 0 Å². The van der Waals surface area contributed by atoms with Crippen molar-refractivity contribution < 1.29 is 24.2 Å². The van der Waals surface area contributed by atoms with Gasteiger partial charge in [0.2, 0.25) is 0 Å². The van der Waals surface area contributed by atoms with Gasteiger partial charge >= 0.3 is 0 Å². The molecule has 1 saturated heterocycles. The van der Waals surface area contributed by atoms with Gasteiger partial charge in [-0.1, -0.05) is 44.0 Å². The highest BCUT2D eigenvalue weighted by molar-refractivity contribution is 6.46. The molecular formula is C28H33NO5. The van der Waals surface area contributed by atoms with Crippen LogP contribution in [0.2, 0.25) is 0 Å². The molecule has 1 atom stereocenters. The van der Waals surface area contributed by atoms with E-state index < -0.39 is 17.7 Å². The topological polar surface area (TPSA) is 76.1 Å². The number of nitrogens with zero attached hydrogens (tertiary/aromatic N) is 1. The molecule has 1 heterocycles. The summed E-state index contributed by atoms with van der Waals surface area (Å²) < 4.78 is 11.4. The molecule has 6 nitrogen and oxygen atoms in total. The summed E-state index contributed by atoms with van der Waals surface area (Å²) >= 11 is 0. The Morgan fingerprint density at radius 3 is 2.26 bits per heavy atom. The molecule has 6 heteroatoms. The third kappa shape index (κ3) is 4.41. The maximum absolute atomic E-state index is 13.4. The van der Waals surface area contributed by atoms with Crippen molar-refractivity contribution >= 4 is 17.4 Å². The first-order valence-corrected chi connectivity index (χ1v) is 12.3. The number of hydrogen-bond acceptors (Lipinski definition) is 5. The first kappa shape index (κ1) is 23.9. The van der Waals surface area contributed by atoms with Crippen LogP contribution in [-0.4, -0.2) is 41.0 Å². The van der Waals surface area contributed by atoms with Crippen LogP contribution in [0.1, 0.15) is 69.2 Å². The Kier molecular flexibility index (Phi) is 7.25. The molecule has 1 unspecified atom stereocenters. The van der Waals surface area contributed by atoms with Crippen LogP contribution < -0.4 is 9.47 Å². The van der Waals surface area contributed by atoms with Crippen molar-refractivity contribution in [3.05, 3.63) is 64.7 Å². The maximum atomic E-state index is 13.4. The molecule has 34 heavy (non-hydrogen) atoms. The lowest BCUT2D eigenvalue weighted by atomic mass is 9.93. The monoisotopic (exact) mass is 463 g/mol. The molecule has 1 saturated carbocycles. The molecule has 0 radical (unpaired) electrons. The average molecular weight is 464 g/mol. The van der Waals surface area contributed by atoms with Gasteiger partial charge in [0.05, 0.1) is 30.4 Å². The van der Waals surface area contributed by atoms with E-state index in [0.717, 1.165) is 37.7 Å². The fraction of sp³-hybridized carbons (Fsp3) is 0.429. The molecule has 4 rings (SSSR count). The molecular weight excluding hydrogens is 430 g/mol. The largest absolute Gasteiger partial charge is 0.507 e. The Labute approximate surface area is 201 Å². The molecule has 2 aromatic rings. The third-order valence-corrected chi connectivity index (χ3v) is 6.72. The second-order valence-electron chi connectivity index (χ2n) is 8.76. The lowest BCUT2D eigenvalue weighted by Crippen LogP contribution is -2.37. The number of likely N-dealkylation sites (tertiary alicyclic amines) is 1. The van der Waals surface area contributed by atoms with E-state index in [1.807, 2.05) is 38.1 Å². The third-order valence-electron chi connectivity index (χ3n) is 6.72. The number of ketones is 1. The summed E-state index contributed by atoms with van der Waals surface area (Å²) in [5.74, 6) is -0.374. The molecule has 0 bridgehead atoms. The van der Waals surface area contributed by atoms with E-state index in [0.29, 0.717) is 30.3 Å². The van der Waals surface area contributed by atoms with Gasteiger partial charge in [0.15, 0.2) is 0 Å². The Morgan fingerprint density at radius 2 is 1.65 bits per heavy atom. The average Bonchev–Trinajstić information content (AvgIpc) is 3.46. The van der Waals surface area contributed by atoms with Crippen LogP contribution in [0.25, 0.3) is 5.76 Å². The van der Waals surface area contributed by atoms with Crippen molar-refractivity contribution in [2.24, 2.45) is 0 Å². The minimum Gasteiger partial charge on any atom is -0.507 e. The van der Waals surface area contributed by atoms with Gasteiger partial charge in [-0.3, -0.25) is 9.59 Å². The molecule has 0 aromatic heterocycles. The van der Waals surface area contributed by atoms with E-state index >= 15 is 0 Å². The summed E-state index contributed by atoms with van der Waals surface area (Å²) in [4.78, 5) is 28.3. The Morgan fingerprint density at radius 1 is 0.971 bits per heavy atom. The molecule has 1 aliphatic heterocycles. The van der Waals surface area contributed by atoms with Crippen molar-refractivity contribution in [3.8, 4) is 11.5 Å². The van der Waals surface area contributed by atoms with Crippen LogP contribution in [0.15, 0.2) is 48.0 Å². The van der Waals surface area contributed by atoms with Crippen LogP contribution >= 0.6 is 0 Å². The summed E-state index contributed by atoms with van der Waals surface area (Å²) in [5.41, 5.74) is 2.50. The predicted molar refractivity (Wildman–Crippen MR) is 131 cm³/mol. The zero-order valence-corrected chi connectivity index (χ0v) is 20.2. The number of carbonyl (C=O) groups is 2. The number of benzene rings is 2. The number of amides is 1. The molecule has 2 fully saturated rings. The van der Waals surface area contributed by atoms with Crippen LogP contribution in [0, 0.1) is 0 Å². The van der Waals surface area contributed by atoms with Crippen molar-refractivity contribution in [2.75, 3.05) is 13.2 Å². The number of hydrogen-bond donors (Lipinski definition) is 1. The molecule has 2 aliphatic rings. The highest BCUT2D eigenvalue weighted by atomic mass is 16.5. The predicted octanol–water partition coefficient (Wildman–Crippen LogP) is 5.41. The molecule has 2 aromatic carbocycles. The summed E-state index contributed by atoms with van der Waals surface area (Å²) in [6, 6.07) is 12.5. The van der Waals surface area contributed by atoms with Gasteiger partial charge in [0.25, 0.3) is 11.7 Å². The second-order valence-corrected chi connectivity index (χ2v) is 8.76. The first-order chi connectivity index (χ1) is 16.5. The van der Waals surface area contributed by atoms with Gasteiger partial charge in [-0.25, -0.2) is 0 Å². The van der Waals surface area contributed by atoms with E-state index in [2.05, 4.69) is 6.92 Å². The van der Waals surface area contributed by atoms with Gasteiger partial charge in [0.1, 0.15) is 17.3 Å². The standard InChI is InChI=1S/C28H33NO5/c1-4-18-11-13-19(14-12-18)25-24(27(31)28(32)29(25)20-9-7-8-10-20)26(30)22-16-15-21(33-5-2)17-23(22)34-6-3/h11-17,20,25,30H,4-10H2,1-3H3/b26-24-. The van der Waals surface area contributed by atoms with E-state index in [1.165, 1.54) is 5.56 Å². The summed E-state index contributed by atoms with van der Waals surface area (Å²) in [5, 5.41) is 11.5. The Balaban J connectivity index is 1.87. The van der Waals surface area contributed by atoms with E-state index in [1.54, 1.807) is 23.1 Å². The lowest BCUT2D eigenvalue weighted by Gasteiger charge is -2.31. The number of aryl methyl sites for hydroxylation is 1. The molecule has 180 valence electrons. The highest BCUT2D eigenvalue weighted by Crippen LogP contribution is 2.44. The number of rotatable bonds is 8. The van der Waals surface area contributed by atoms with Crippen molar-refractivity contribution in [1.29, 1.82) is 0 Å². The molecule has 0 spiro atoms. The van der Waals surface area contributed by atoms with Crippen LogP contribution in [-0.2, 0) is 16.0 Å². The Bertz CT molecular complexity index is 1080. The maximum Gasteiger partial charge on any atom is 0.295 e. The van der Waals surface area contributed by atoms with Gasteiger partial charge in [0, 0.05) is 12.1 Å². The highest BCUT2D eigenvalue weighted by Gasteiger charge is 2.49. The van der Waals surface area contributed by atoms with E-state index in [-0.39, 0.29) is 17.4 Å². The number of Topliss-reactive ketones (excluding diaryl/α,β-unsaturated/α-hetero) is 1. The Hall–Kier alpha value is -3.28. The van der Waals surface area contributed by atoms with E-state index in [9.17, 15) is 14.7 Å². The zero-order valence-electron chi connectivity index (χ0n) is 20.2. The minimum atomic E-state index is -0.648. The molecule has 1 amide bonds. The number of aliphatic hydroxyl groups is 1. The summed E-state index contributed by atoms with van der Waals surface area (Å²) in [6.45, 7) is 6.71. The van der Waals surface area contributed by atoms with Crippen molar-refractivity contribution in [1.82, 2.24) is 4.90 Å². The number of carbonyl (C=O) groups excluding carboxylic acids is 2. The smallest absolute Gasteiger partial charge is 0.295 e. The van der Waals surface area contributed by atoms with Crippen LogP contribution in [0.5, 0.6) is 11.5 Å². The zero-order chi connectivity index (χ0) is 24.2. The number of ether oxygens (including phenoxy) is 2. The quantitative estimate of drug-likeness (QED) is 0.322. The fourth-order valence-electron chi connectivity index (χ4n) is 5.05. The van der Waals surface area contributed by atoms with E-state index in [4.69, 9.17) is 9.47 Å². The van der Waals surface area contributed by atoms with Crippen LogP contribution in [0.3, 0.4) is 0 Å². The normalized spacial score (nSPS) is 20.2. The SMILES string of the molecule is CCOc1ccc(/C(O)=C2/C(=O)C(=O)N(C3CCCC3)C2c2ccc(CC)cc2)c(OCC)c1. The van der Waals surface area contributed by atoms with Gasteiger partial charge in [-0.05, 0) is 56.4 Å². The fourth-order valence-corrected chi connectivity index (χ4v) is 5.05. The summed E-state index contributed by atoms with van der Waals surface area (Å²) in [7, 11) is 0. The lowest BCUT2D eigenvalue weighted by molar-refractivity contribution is -0.141. The van der Waals surface area contributed by atoms with Gasteiger partial charge in [-0.2, -0.15) is 0 Å². The first-order valence-electron chi connectivity index (χ1n) is 12.3.